The maximum Gasteiger partial charge on any atom is 0.410 e. The largest absolute Gasteiger partial charge is 0.444 e. The van der Waals surface area contributed by atoms with Gasteiger partial charge < -0.3 is 14.7 Å². The van der Waals surface area contributed by atoms with E-state index in [2.05, 4.69) is 24.3 Å². The van der Waals surface area contributed by atoms with Crippen molar-refractivity contribution in [2.24, 2.45) is 5.41 Å². The molecular weight excluding hydrogens is 302 g/mol. The Hall–Kier alpha value is -1.55. The second-order valence-electron chi connectivity index (χ2n) is 7.96. The number of carbonyl (C=O) groups excluding carboxylic acids is 1. The van der Waals surface area contributed by atoms with E-state index < -0.39 is 5.60 Å². The lowest BCUT2D eigenvalue weighted by Gasteiger charge is -2.31. The Kier molecular flexibility index (Phi) is 6.27. The van der Waals surface area contributed by atoms with Crippen LogP contribution in [0.1, 0.15) is 52.0 Å². The van der Waals surface area contributed by atoms with Gasteiger partial charge in [0.05, 0.1) is 0 Å². The number of rotatable bonds is 4. The molecule has 1 aromatic rings. The second-order valence-corrected chi connectivity index (χ2v) is 7.96. The first-order valence-corrected chi connectivity index (χ1v) is 8.96. The maximum absolute atomic E-state index is 12.3. The van der Waals surface area contributed by atoms with Crippen LogP contribution in [0.25, 0.3) is 0 Å². The third kappa shape index (κ3) is 5.52. The number of nitrogens with zero attached hydrogens (tertiary/aromatic N) is 1. The highest BCUT2D eigenvalue weighted by Crippen LogP contribution is 2.36. The minimum Gasteiger partial charge on any atom is -0.444 e. The van der Waals surface area contributed by atoms with Crippen LogP contribution < -0.4 is 0 Å². The van der Waals surface area contributed by atoms with Gasteiger partial charge in [0.15, 0.2) is 0 Å². The quantitative estimate of drug-likeness (QED) is 0.905. The van der Waals surface area contributed by atoms with E-state index in [1.807, 2.05) is 26.8 Å². The zero-order valence-corrected chi connectivity index (χ0v) is 15.3. The van der Waals surface area contributed by atoms with Crippen molar-refractivity contribution in [1.82, 2.24) is 4.90 Å². The van der Waals surface area contributed by atoms with Crippen molar-refractivity contribution in [1.29, 1.82) is 0 Å². The van der Waals surface area contributed by atoms with Gasteiger partial charge in [0.2, 0.25) is 0 Å². The van der Waals surface area contributed by atoms with Crippen molar-refractivity contribution >= 4 is 6.09 Å². The van der Waals surface area contributed by atoms with E-state index >= 15 is 0 Å². The summed E-state index contributed by atoms with van der Waals surface area (Å²) in [5, 5.41) is 10.0. The van der Waals surface area contributed by atoms with Crippen molar-refractivity contribution in [3.05, 3.63) is 35.9 Å². The standard InChI is InChI=1S/C20H31NO3/c1-19(2,3)24-18(23)21-14-7-11-20(16-22,13-15-21)12-10-17-8-5-4-6-9-17/h4-6,8-9,22H,7,10-16H2,1-3H3/t20-/m1/s1. The lowest BCUT2D eigenvalue weighted by atomic mass is 9.77. The van der Waals surface area contributed by atoms with Gasteiger partial charge in [0.1, 0.15) is 5.60 Å². The first-order valence-electron chi connectivity index (χ1n) is 8.96. The van der Waals surface area contributed by atoms with Gasteiger partial charge in [0.25, 0.3) is 0 Å². The van der Waals surface area contributed by atoms with Gasteiger partial charge in [0, 0.05) is 19.7 Å². The fraction of sp³-hybridized carbons (Fsp3) is 0.650. The fourth-order valence-corrected chi connectivity index (χ4v) is 3.30. The molecule has 0 saturated carbocycles. The van der Waals surface area contributed by atoms with E-state index in [-0.39, 0.29) is 18.1 Å². The summed E-state index contributed by atoms with van der Waals surface area (Å²) in [5.74, 6) is 0. The van der Waals surface area contributed by atoms with E-state index in [1.54, 1.807) is 4.90 Å². The maximum atomic E-state index is 12.3. The lowest BCUT2D eigenvalue weighted by Crippen LogP contribution is -2.38. The molecule has 134 valence electrons. The fourth-order valence-electron chi connectivity index (χ4n) is 3.30. The number of carbonyl (C=O) groups is 1. The summed E-state index contributed by atoms with van der Waals surface area (Å²) in [4.78, 5) is 14.1. The lowest BCUT2D eigenvalue weighted by molar-refractivity contribution is 0.0241. The number of benzene rings is 1. The molecule has 0 spiro atoms. The first-order chi connectivity index (χ1) is 11.3. The molecule has 2 rings (SSSR count). The van der Waals surface area contributed by atoms with Crippen LogP contribution in [0.15, 0.2) is 30.3 Å². The van der Waals surface area contributed by atoms with E-state index in [4.69, 9.17) is 4.74 Å². The number of likely N-dealkylation sites (tertiary alicyclic amines) is 1. The molecule has 0 unspecified atom stereocenters. The van der Waals surface area contributed by atoms with E-state index in [1.165, 1.54) is 5.56 Å². The molecule has 0 bridgehead atoms. The average Bonchev–Trinajstić information content (AvgIpc) is 2.76. The molecular formula is C20H31NO3. The number of ether oxygens (including phenoxy) is 1. The molecule has 1 saturated heterocycles. The normalized spacial score (nSPS) is 22.1. The van der Waals surface area contributed by atoms with Crippen LogP contribution in [-0.2, 0) is 11.2 Å². The van der Waals surface area contributed by atoms with Crippen molar-refractivity contribution in [3.63, 3.8) is 0 Å². The molecule has 1 aliphatic heterocycles. The van der Waals surface area contributed by atoms with E-state index in [0.717, 1.165) is 32.1 Å². The Morgan fingerprint density at radius 3 is 2.54 bits per heavy atom. The highest BCUT2D eigenvalue weighted by molar-refractivity contribution is 5.68. The SMILES string of the molecule is CC(C)(C)OC(=O)N1CCC[C@@](CO)(CCc2ccccc2)CC1. The summed E-state index contributed by atoms with van der Waals surface area (Å²) >= 11 is 0. The van der Waals surface area contributed by atoms with Gasteiger partial charge in [-0.15, -0.1) is 0 Å². The third-order valence-corrected chi connectivity index (χ3v) is 4.82. The molecule has 1 aliphatic rings. The molecule has 0 aromatic heterocycles. The number of amides is 1. The molecule has 0 radical (unpaired) electrons. The summed E-state index contributed by atoms with van der Waals surface area (Å²) in [6.07, 6.45) is 4.38. The zero-order valence-electron chi connectivity index (χ0n) is 15.3. The Labute approximate surface area is 145 Å². The van der Waals surface area contributed by atoms with Gasteiger partial charge in [-0.1, -0.05) is 30.3 Å². The van der Waals surface area contributed by atoms with Crippen LogP contribution in [-0.4, -0.2) is 41.4 Å². The molecule has 1 heterocycles. The van der Waals surface area contributed by atoms with Crippen LogP contribution >= 0.6 is 0 Å². The molecule has 1 amide bonds. The van der Waals surface area contributed by atoms with E-state index in [0.29, 0.717) is 13.1 Å². The molecule has 4 nitrogen and oxygen atoms in total. The number of aryl methyl sites for hydroxylation is 1. The van der Waals surface area contributed by atoms with Gasteiger partial charge in [-0.2, -0.15) is 0 Å². The minimum atomic E-state index is -0.467. The van der Waals surface area contributed by atoms with Crippen LogP contribution in [0.4, 0.5) is 4.79 Å². The van der Waals surface area contributed by atoms with Crippen LogP contribution in [0, 0.1) is 5.41 Å². The number of hydrogen-bond donors (Lipinski definition) is 1. The van der Waals surface area contributed by atoms with Crippen molar-refractivity contribution in [2.75, 3.05) is 19.7 Å². The molecule has 1 atom stereocenters. The molecule has 0 aliphatic carbocycles. The molecule has 1 fully saturated rings. The molecule has 1 aromatic carbocycles. The van der Waals surface area contributed by atoms with Crippen LogP contribution in [0.2, 0.25) is 0 Å². The Morgan fingerprint density at radius 1 is 1.21 bits per heavy atom. The first kappa shape index (κ1) is 18.8. The van der Waals surface area contributed by atoms with Gasteiger partial charge >= 0.3 is 6.09 Å². The summed E-state index contributed by atoms with van der Waals surface area (Å²) in [5.41, 5.74) is 0.746. The summed E-state index contributed by atoms with van der Waals surface area (Å²) in [6, 6.07) is 10.4. The highest BCUT2D eigenvalue weighted by Gasteiger charge is 2.34. The predicted molar refractivity (Wildman–Crippen MR) is 95.9 cm³/mol. The number of aliphatic hydroxyl groups excluding tert-OH is 1. The number of aliphatic hydroxyl groups is 1. The van der Waals surface area contributed by atoms with Crippen molar-refractivity contribution in [2.45, 2.75) is 58.5 Å². The monoisotopic (exact) mass is 333 g/mol. The highest BCUT2D eigenvalue weighted by atomic mass is 16.6. The summed E-state index contributed by atoms with van der Waals surface area (Å²) < 4.78 is 5.49. The molecule has 4 heteroatoms. The average molecular weight is 333 g/mol. The summed E-state index contributed by atoms with van der Waals surface area (Å²) in [6.45, 7) is 7.22. The number of hydrogen-bond acceptors (Lipinski definition) is 3. The van der Waals surface area contributed by atoms with Gasteiger partial charge in [-0.25, -0.2) is 4.79 Å². The van der Waals surface area contributed by atoms with Crippen LogP contribution in [0.5, 0.6) is 0 Å². The van der Waals surface area contributed by atoms with Crippen LogP contribution in [0.3, 0.4) is 0 Å². The third-order valence-electron chi connectivity index (χ3n) is 4.82. The Morgan fingerprint density at radius 2 is 1.92 bits per heavy atom. The van der Waals surface area contributed by atoms with Crippen molar-refractivity contribution < 1.29 is 14.6 Å². The zero-order chi connectivity index (χ0) is 17.6. The Bertz CT molecular complexity index is 523. The molecule has 1 N–H and O–H groups in total. The molecule has 24 heavy (non-hydrogen) atoms. The smallest absolute Gasteiger partial charge is 0.410 e. The predicted octanol–water partition coefficient (Wildman–Crippen LogP) is 4.02. The summed E-state index contributed by atoms with van der Waals surface area (Å²) in [7, 11) is 0. The van der Waals surface area contributed by atoms with Gasteiger partial charge in [-0.05, 0) is 63.9 Å². The Balaban J connectivity index is 1.94. The minimum absolute atomic E-state index is 0.0907. The van der Waals surface area contributed by atoms with Crippen molar-refractivity contribution in [3.8, 4) is 0 Å². The second kappa shape index (κ2) is 8.02. The topological polar surface area (TPSA) is 49.8 Å². The van der Waals surface area contributed by atoms with Gasteiger partial charge in [-0.3, -0.25) is 0 Å². The van der Waals surface area contributed by atoms with E-state index in [9.17, 15) is 9.90 Å².